The average molecular weight is 472 g/mol. The van der Waals surface area contributed by atoms with Crippen LogP contribution < -0.4 is 11.2 Å². The quantitative estimate of drug-likeness (QED) is 0.454. The van der Waals surface area contributed by atoms with Crippen molar-refractivity contribution in [1.29, 1.82) is 0 Å². The Morgan fingerprint density at radius 3 is 2.09 bits per heavy atom. The van der Waals surface area contributed by atoms with Gasteiger partial charge in [0, 0.05) is 23.4 Å². The van der Waals surface area contributed by atoms with Crippen LogP contribution in [-0.4, -0.2) is 55.1 Å². The van der Waals surface area contributed by atoms with Gasteiger partial charge in [-0.3, -0.25) is 23.9 Å². The standard InChI is InChI=1S/C23H18F2N2O7/c24-23(25)20(27-12-11-15(28)26-21(27)32)34-19(17(30)16(29)13-7-3-1-4-8-13)22(23,33)18(31)14-9-5-2-6-10-14/h1-12,17,19-20,30,33H,(H,26,28,32)/t17?,19-,20-,22-/m1/s1. The van der Waals surface area contributed by atoms with Gasteiger partial charge in [-0.2, -0.15) is 8.78 Å². The van der Waals surface area contributed by atoms with Gasteiger partial charge in [0.15, 0.2) is 5.78 Å². The number of nitrogens with one attached hydrogen (secondary N) is 1. The van der Waals surface area contributed by atoms with Gasteiger partial charge in [0.25, 0.3) is 5.56 Å². The first-order chi connectivity index (χ1) is 16.1. The van der Waals surface area contributed by atoms with Gasteiger partial charge in [0.05, 0.1) is 0 Å². The van der Waals surface area contributed by atoms with Gasteiger partial charge in [0.2, 0.25) is 17.6 Å². The molecular weight excluding hydrogens is 454 g/mol. The van der Waals surface area contributed by atoms with Crippen molar-refractivity contribution in [3.8, 4) is 0 Å². The van der Waals surface area contributed by atoms with Crippen LogP contribution in [0.2, 0.25) is 0 Å². The fourth-order valence-corrected chi connectivity index (χ4v) is 3.86. The smallest absolute Gasteiger partial charge is 0.330 e. The number of rotatable bonds is 6. The SMILES string of the molecule is O=C(c1ccccc1)C(O)[C@H]1O[C@@H](n2ccc(=O)[nH]c2=O)C(F)(F)[C@@]1(O)C(=O)c1ccccc1. The molecule has 0 spiro atoms. The van der Waals surface area contributed by atoms with Crippen molar-refractivity contribution in [3.05, 3.63) is 105 Å². The Bertz CT molecular complexity index is 1340. The van der Waals surface area contributed by atoms with E-state index in [0.717, 1.165) is 6.07 Å². The number of H-pyrrole nitrogens is 1. The Labute approximate surface area is 189 Å². The van der Waals surface area contributed by atoms with Gasteiger partial charge < -0.3 is 14.9 Å². The largest absolute Gasteiger partial charge is 0.382 e. The molecule has 3 aromatic rings. The number of nitrogens with zero attached hydrogens (tertiary/aromatic N) is 1. The lowest BCUT2D eigenvalue weighted by atomic mass is 9.80. The minimum atomic E-state index is -4.52. The van der Waals surface area contributed by atoms with Crippen LogP contribution in [0.15, 0.2) is 82.5 Å². The van der Waals surface area contributed by atoms with E-state index in [9.17, 15) is 29.4 Å². The molecule has 9 nitrogen and oxygen atoms in total. The highest BCUT2D eigenvalue weighted by molar-refractivity contribution is 6.06. The number of carbonyl (C=O) groups is 2. The van der Waals surface area contributed by atoms with Gasteiger partial charge in [-0.1, -0.05) is 60.7 Å². The van der Waals surface area contributed by atoms with Crippen molar-refractivity contribution in [2.45, 2.75) is 30.0 Å². The fraction of sp³-hybridized carbons (Fsp3) is 0.217. The molecule has 0 aliphatic carbocycles. The first-order valence-corrected chi connectivity index (χ1v) is 10.0. The molecule has 0 amide bonds. The van der Waals surface area contributed by atoms with Crippen molar-refractivity contribution in [3.63, 3.8) is 0 Å². The number of ketones is 2. The highest BCUT2D eigenvalue weighted by atomic mass is 19.3. The zero-order valence-electron chi connectivity index (χ0n) is 17.3. The third-order valence-corrected chi connectivity index (χ3v) is 5.61. The Kier molecular flexibility index (Phi) is 5.86. The molecule has 1 unspecified atom stereocenters. The van der Waals surface area contributed by atoms with E-state index in [2.05, 4.69) is 0 Å². The number of aliphatic hydroxyl groups excluding tert-OH is 1. The third-order valence-electron chi connectivity index (χ3n) is 5.61. The zero-order chi connectivity index (χ0) is 24.7. The summed E-state index contributed by atoms with van der Waals surface area (Å²) in [5, 5.41) is 22.0. The molecule has 1 aromatic heterocycles. The molecule has 2 heterocycles. The molecule has 3 N–H and O–H groups in total. The number of aliphatic hydroxyl groups is 2. The third kappa shape index (κ3) is 3.59. The van der Waals surface area contributed by atoms with E-state index in [-0.39, 0.29) is 15.7 Å². The predicted octanol–water partition coefficient (Wildman–Crippen LogP) is 0.927. The van der Waals surface area contributed by atoms with E-state index >= 15 is 8.78 Å². The second-order valence-electron chi connectivity index (χ2n) is 7.69. The monoisotopic (exact) mass is 472 g/mol. The number of carbonyl (C=O) groups excluding carboxylic acids is 2. The van der Waals surface area contributed by atoms with Crippen LogP contribution in [0.25, 0.3) is 0 Å². The van der Waals surface area contributed by atoms with Crippen molar-refractivity contribution >= 4 is 11.6 Å². The highest BCUT2D eigenvalue weighted by Crippen LogP contribution is 2.51. The maximum absolute atomic E-state index is 15.8. The summed E-state index contributed by atoms with van der Waals surface area (Å²) in [4.78, 5) is 51.4. The summed E-state index contributed by atoms with van der Waals surface area (Å²) in [6.07, 6.45) is -6.81. The summed E-state index contributed by atoms with van der Waals surface area (Å²) in [6, 6.07) is 14.5. The number of halogens is 2. The normalized spacial score (nSPS) is 24.5. The minimum absolute atomic E-state index is 0.0823. The van der Waals surface area contributed by atoms with Crippen LogP contribution in [0.4, 0.5) is 8.78 Å². The molecule has 0 radical (unpaired) electrons. The highest BCUT2D eigenvalue weighted by Gasteiger charge is 2.75. The second kappa shape index (κ2) is 8.52. The summed E-state index contributed by atoms with van der Waals surface area (Å²) in [6.45, 7) is 0. The Hall–Kier alpha value is -3.80. The van der Waals surface area contributed by atoms with Crippen molar-refractivity contribution in [2.75, 3.05) is 0 Å². The van der Waals surface area contributed by atoms with Crippen LogP contribution in [0.3, 0.4) is 0 Å². The number of alkyl halides is 2. The molecule has 176 valence electrons. The molecule has 1 aliphatic rings. The maximum atomic E-state index is 15.8. The van der Waals surface area contributed by atoms with Crippen molar-refractivity contribution in [2.24, 2.45) is 0 Å². The van der Waals surface area contributed by atoms with Gasteiger partial charge >= 0.3 is 11.6 Å². The minimum Gasteiger partial charge on any atom is -0.382 e. The van der Waals surface area contributed by atoms with Gasteiger partial charge in [0.1, 0.15) is 12.2 Å². The Morgan fingerprint density at radius 2 is 1.53 bits per heavy atom. The van der Waals surface area contributed by atoms with E-state index in [4.69, 9.17) is 4.74 Å². The number of Topliss-reactive ketones (excluding diaryl/α,β-unsaturated/α-hetero) is 2. The topological polar surface area (TPSA) is 139 Å². The van der Waals surface area contributed by atoms with E-state index in [0.29, 0.717) is 6.20 Å². The van der Waals surface area contributed by atoms with E-state index in [1.54, 1.807) is 11.1 Å². The lowest BCUT2D eigenvalue weighted by Crippen LogP contribution is -2.62. The van der Waals surface area contributed by atoms with E-state index in [1.165, 1.54) is 54.6 Å². The van der Waals surface area contributed by atoms with Crippen LogP contribution in [0.1, 0.15) is 26.9 Å². The lowest BCUT2D eigenvalue weighted by molar-refractivity contribution is -0.166. The van der Waals surface area contributed by atoms with Crippen molar-refractivity contribution < 1.29 is 33.3 Å². The van der Waals surface area contributed by atoms with E-state index < -0.39 is 52.8 Å². The summed E-state index contributed by atoms with van der Waals surface area (Å²) in [5.74, 6) is -7.14. The molecule has 2 aromatic carbocycles. The molecule has 11 heteroatoms. The summed E-state index contributed by atoms with van der Waals surface area (Å²) >= 11 is 0. The number of hydrogen-bond acceptors (Lipinski definition) is 7. The first kappa shape index (κ1) is 23.4. The fourth-order valence-electron chi connectivity index (χ4n) is 3.86. The molecule has 1 fully saturated rings. The predicted molar refractivity (Wildman–Crippen MR) is 113 cm³/mol. The molecule has 1 saturated heterocycles. The second-order valence-corrected chi connectivity index (χ2v) is 7.69. The van der Waals surface area contributed by atoms with Crippen LogP contribution in [0.5, 0.6) is 0 Å². The van der Waals surface area contributed by atoms with Gasteiger partial charge in [-0.15, -0.1) is 0 Å². The summed E-state index contributed by atoms with van der Waals surface area (Å²) < 4.78 is 37.0. The first-order valence-electron chi connectivity index (χ1n) is 10.0. The molecule has 1 aliphatic heterocycles. The summed E-state index contributed by atoms with van der Waals surface area (Å²) in [7, 11) is 0. The number of ether oxygens (including phenoxy) is 1. The number of hydrogen-bond donors (Lipinski definition) is 3. The Balaban J connectivity index is 1.86. The molecular formula is C23H18F2N2O7. The molecule has 34 heavy (non-hydrogen) atoms. The van der Waals surface area contributed by atoms with Crippen LogP contribution >= 0.6 is 0 Å². The molecule has 0 bridgehead atoms. The lowest BCUT2D eigenvalue weighted by Gasteiger charge is -2.33. The maximum Gasteiger partial charge on any atom is 0.330 e. The van der Waals surface area contributed by atoms with Gasteiger partial charge in [-0.25, -0.2) is 4.79 Å². The van der Waals surface area contributed by atoms with Crippen LogP contribution in [-0.2, 0) is 4.74 Å². The summed E-state index contributed by atoms with van der Waals surface area (Å²) in [5.41, 5.74) is -6.36. The number of aromatic nitrogens is 2. The Morgan fingerprint density at radius 1 is 0.971 bits per heavy atom. The average Bonchev–Trinajstić information content (AvgIpc) is 3.05. The number of benzene rings is 2. The van der Waals surface area contributed by atoms with E-state index in [1.807, 2.05) is 0 Å². The molecule has 4 rings (SSSR count). The molecule has 4 atom stereocenters. The zero-order valence-corrected chi connectivity index (χ0v) is 17.3. The number of aromatic amines is 1. The van der Waals surface area contributed by atoms with Crippen molar-refractivity contribution in [1.82, 2.24) is 9.55 Å². The van der Waals surface area contributed by atoms with Crippen LogP contribution in [0, 0.1) is 0 Å². The molecule has 0 saturated carbocycles. The van der Waals surface area contributed by atoms with Gasteiger partial charge in [-0.05, 0) is 0 Å².